The van der Waals surface area contributed by atoms with Gasteiger partial charge in [-0.25, -0.2) is 13.4 Å². The van der Waals surface area contributed by atoms with Gasteiger partial charge in [0.25, 0.3) is 10.0 Å². The molecule has 1 aromatic heterocycles. The molecule has 0 saturated carbocycles. The van der Waals surface area contributed by atoms with Crippen molar-refractivity contribution in [1.29, 1.82) is 0 Å². The molecule has 0 unspecified atom stereocenters. The van der Waals surface area contributed by atoms with Gasteiger partial charge >= 0.3 is 0 Å². The quantitative estimate of drug-likeness (QED) is 0.781. The van der Waals surface area contributed by atoms with E-state index in [9.17, 15) is 8.42 Å². The van der Waals surface area contributed by atoms with Crippen LogP contribution in [0.3, 0.4) is 0 Å². The summed E-state index contributed by atoms with van der Waals surface area (Å²) in [5, 5.41) is 0.266. The number of anilines is 2. The Kier molecular flexibility index (Phi) is 4.51. The molecule has 0 aliphatic heterocycles. The second-order valence-corrected chi connectivity index (χ2v) is 7.77. The molecule has 3 N–H and O–H groups in total. The largest absolute Gasteiger partial charge is 0.492 e. The molecular weight excluding hydrogens is 366 g/mol. The molecule has 108 valence electrons. The smallest absolute Gasteiger partial charge is 0.267 e. The zero-order chi connectivity index (χ0) is 14.8. The van der Waals surface area contributed by atoms with E-state index in [0.29, 0.717) is 12.3 Å². The number of thiazole rings is 1. The molecule has 20 heavy (non-hydrogen) atoms. The van der Waals surface area contributed by atoms with Crippen molar-refractivity contribution >= 4 is 48.1 Å². The maximum absolute atomic E-state index is 12.4. The van der Waals surface area contributed by atoms with Gasteiger partial charge in [-0.05, 0) is 41.1 Å². The van der Waals surface area contributed by atoms with Crippen molar-refractivity contribution in [1.82, 2.24) is 4.98 Å². The number of nitrogen functional groups attached to an aromatic ring is 1. The lowest BCUT2D eigenvalue weighted by atomic mass is 10.3. The summed E-state index contributed by atoms with van der Waals surface area (Å²) < 4.78 is 33.2. The van der Waals surface area contributed by atoms with Crippen molar-refractivity contribution in [2.45, 2.75) is 11.8 Å². The highest BCUT2D eigenvalue weighted by atomic mass is 79.9. The van der Waals surface area contributed by atoms with Gasteiger partial charge in [0.2, 0.25) is 0 Å². The molecule has 0 aliphatic carbocycles. The van der Waals surface area contributed by atoms with Crippen molar-refractivity contribution in [2.24, 2.45) is 0 Å². The molecule has 6 nitrogen and oxygen atoms in total. The topological polar surface area (TPSA) is 94.3 Å². The van der Waals surface area contributed by atoms with Crippen LogP contribution in [-0.4, -0.2) is 20.0 Å². The molecule has 0 fully saturated rings. The van der Waals surface area contributed by atoms with Gasteiger partial charge in [0.15, 0.2) is 5.13 Å². The number of hydrogen-bond acceptors (Lipinski definition) is 6. The average molecular weight is 378 g/mol. The second kappa shape index (κ2) is 5.98. The van der Waals surface area contributed by atoms with E-state index in [1.165, 1.54) is 29.7 Å². The second-order valence-electron chi connectivity index (χ2n) is 3.71. The summed E-state index contributed by atoms with van der Waals surface area (Å²) in [6.07, 6.45) is 1.52. The highest BCUT2D eigenvalue weighted by Crippen LogP contribution is 2.30. The lowest BCUT2D eigenvalue weighted by Gasteiger charge is -2.11. The van der Waals surface area contributed by atoms with Crippen molar-refractivity contribution in [3.8, 4) is 5.75 Å². The molecule has 0 amide bonds. The number of halogens is 1. The van der Waals surface area contributed by atoms with Gasteiger partial charge in [-0.3, -0.25) is 4.72 Å². The number of sulfonamides is 1. The maximum atomic E-state index is 12.4. The molecule has 0 atom stereocenters. The fourth-order valence-corrected chi connectivity index (χ4v) is 4.01. The van der Waals surface area contributed by atoms with Gasteiger partial charge in [-0.15, -0.1) is 0 Å². The van der Waals surface area contributed by atoms with Gasteiger partial charge < -0.3 is 10.5 Å². The number of aromatic nitrogens is 1. The molecule has 2 rings (SSSR count). The first-order valence-electron chi connectivity index (χ1n) is 5.59. The molecule has 0 bridgehead atoms. The van der Waals surface area contributed by atoms with E-state index in [1.807, 2.05) is 0 Å². The van der Waals surface area contributed by atoms with Crippen LogP contribution in [0, 0.1) is 0 Å². The minimum Gasteiger partial charge on any atom is -0.492 e. The lowest BCUT2D eigenvalue weighted by Crippen LogP contribution is -2.14. The molecule has 0 saturated heterocycles. The number of nitrogens with one attached hydrogen (secondary N) is 1. The van der Waals surface area contributed by atoms with Crippen LogP contribution in [0.15, 0.2) is 33.1 Å². The summed E-state index contributed by atoms with van der Waals surface area (Å²) in [5.74, 6) is 0.254. The monoisotopic (exact) mass is 377 g/mol. The van der Waals surface area contributed by atoms with Gasteiger partial charge in [0, 0.05) is 5.69 Å². The van der Waals surface area contributed by atoms with E-state index in [-0.39, 0.29) is 15.8 Å². The van der Waals surface area contributed by atoms with E-state index in [0.717, 1.165) is 3.79 Å². The lowest BCUT2D eigenvalue weighted by molar-refractivity contribution is 0.331. The standard InChI is InChI=1S/C11H12BrN3O3S2/c1-2-18-8-4-3-7(13)5-9(8)20(16,17)15-11-14-6-10(12)19-11/h3-6H,2,13H2,1H3,(H,14,15). The third-order valence-corrected chi connectivity index (χ3v) is 5.14. The summed E-state index contributed by atoms with van der Waals surface area (Å²) in [4.78, 5) is 3.93. The Balaban J connectivity index is 2.40. The molecule has 0 radical (unpaired) electrons. The van der Waals surface area contributed by atoms with Gasteiger partial charge in [0.1, 0.15) is 10.6 Å². The Morgan fingerprint density at radius 1 is 1.50 bits per heavy atom. The van der Waals surface area contributed by atoms with Crippen LogP contribution in [0.5, 0.6) is 5.75 Å². The Morgan fingerprint density at radius 2 is 2.25 bits per heavy atom. The van der Waals surface area contributed by atoms with Gasteiger partial charge in [-0.2, -0.15) is 0 Å². The molecular formula is C11H12BrN3O3S2. The van der Waals surface area contributed by atoms with Crippen LogP contribution in [0.1, 0.15) is 6.92 Å². The molecule has 9 heteroatoms. The average Bonchev–Trinajstić information content (AvgIpc) is 2.76. The van der Waals surface area contributed by atoms with Gasteiger partial charge in [0.05, 0.1) is 16.6 Å². The highest BCUT2D eigenvalue weighted by Gasteiger charge is 2.21. The van der Waals surface area contributed by atoms with E-state index in [2.05, 4.69) is 25.6 Å². The predicted molar refractivity (Wildman–Crippen MR) is 82.6 cm³/mol. The Bertz CT molecular complexity index is 715. The van der Waals surface area contributed by atoms with Crippen LogP contribution in [0.4, 0.5) is 10.8 Å². The number of benzene rings is 1. The van der Waals surface area contributed by atoms with Crippen LogP contribution in [-0.2, 0) is 10.0 Å². The number of nitrogens with two attached hydrogens (primary N) is 1. The Hall–Kier alpha value is -1.32. The maximum Gasteiger partial charge on any atom is 0.267 e. The molecule has 2 aromatic rings. The van der Waals surface area contributed by atoms with Crippen molar-refractivity contribution < 1.29 is 13.2 Å². The Morgan fingerprint density at radius 3 is 2.85 bits per heavy atom. The summed E-state index contributed by atoms with van der Waals surface area (Å²) in [5.41, 5.74) is 5.99. The molecule has 1 aromatic carbocycles. The normalized spacial score (nSPS) is 11.3. The van der Waals surface area contributed by atoms with E-state index >= 15 is 0 Å². The Labute approximate surface area is 129 Å². The summed E-state index contributed by atoms with van der Waals surface area (Å²) in [7, 11) is -3.80. The summed E-state index contributed by atoms with van der Waals surface area (Å²) >= 11 is 4.40. The molecule has 0 spiro atoms. The van der Waals surface area contributed by atoms with E-state index in [4.69, 9.17) is 10.5 Å². The molecule has 0 aliphatic rings. The fraction of sp³-hybridized carbons (Fsp3) is 0.182. The van der Waals surface area contributed by atoms with Crippen molar-refractivity contribution in [2.75, 3.05) is 17.1 Å². The van der Waals surface area contributed by atoms with Crippen molar-refractivity contribution in [3.05, 3.63) is 28.2 Å². The van der Waals surface area contributed by atoms with E-state index < -0.39 is 10.0 Å². The highest BCUT2D eigenvalue weighted by molar-refractivity contribution is 9.11. The fourth-order valence-electron chi connectivity index (χ4n) is 1.48. The van der Waals surface area contributed by atoms with Crippen LogP contribution in [0.25, 0.3) is 0 Å². The SMILES string of the molecule is CCOc1ccc(N)cc1S(=O)(=O)Nc1ncc(Br)s1. The van der Waals surface area contributed by atoms with Crippen LogP contribution < -0.4 is 15.2 Å². The van der Waals surface area contributed by atoms with Crippen LogP contribution >= 0.6 is 27.3 Å². The van der Waals surface area contributed by atoms with Crippen LogP contribution in [0.2, 0.25) is 0 Å². The third kappa shape index (κ3) is 3.41. The number of rotatable bonds is 5. The first-order valence-corrected chi connectivity index (χ1v) is 8.68. The zero-order valence-corrected chi connectivity index (χ0v) is 13.7. The number of hydrogen-bond donors (Lipinski definition) is 2. The third-order valence-electron chi connectivity index (χ3n) is 2.26. The first kappa shape index (κ1) is 15.1. The minimum atomic E-state index is -3.80. The predicted octanol–water partition coefficient (Wildman–Crippen LogP) is 2.69. The first-order chi connectivity index (χ1) is 9.42. The van der Waals surface area contributed by atoms with E-state index in [1.54, 1.807) is 13.0 Å². The molecule has 1 heterocycles. The summed E-state index contributed by atoms with van der Waals surface area (Å²) in [6, 6.07) is 4.48. The number of ether oxygens (including phenoxy) is 1. The zero-order valence-electron chi connectivity index (χ0n) is 10.5. The van der Waals surface area contributed by atoms with Crippen molar-refractivity contribution in [3.63, 3.8) is 0 Å². The number of nitrogens with zero attached hydrogens (tertiary/aromatic N) is 1. The summed E-state index contributed by atoms with van der Waals surface area (Å²) in [6.45, 7) is 2.13. The minimum absolute atomic E-state index is 0.00864. The van der Waals surface area contributed by atoms with Gasteiger partial charge in [-0.1, -0.05) is 11.3 Å².